The minimum atomic E-state index is -2.80. The average Bonchev–Trinajstić information content (AvgIpc) is 2.43. The second-order valence-electron chi connectivity index (χ2n) is 7.20. The smallest absolute Gasteiger partial charge is 0.150 e. The first-order valence-corrected chi connectivity index (χ1v) is 10.7. The molecule has 0 radical (unpaired) electrons. The maximum Gasteiger partial charge on any atom is 0.150 e. The van der Waals surface area contributed by atoms with Crippen LogP contribution in [0.2, 0.25) is 0 Å². The van der Waals surface area contributed by atoms with Crippen LogP contribution in [0.5, 0.6) is 0 Å². The van der Waals surface area contributed by atoms with Crippen LogP contribution >= 0.6 is 0 Å². The van der Waals surface area contributed by atoms with Gasteiger partial charge in [-0.1, -0.05) is 13.8 Å². The Morgan fingerprint density at radius 1 is 1.23 bits per heavy atom. The highest BCUT2D eigenvalue weighted by atomic mass is 32.2. The van der Waals surface area contributed by atoms with Gasteiger partial charge in [0.2, 0.25) is 0 Å². The van der Waals surface area contributed by atoms with Crippen molar-refractivity contribution < 1.29 is 13.2 Å². The van der Waals surface area contributed by atoms with Gasteiger partial charge in [-0.2, -0.15) is 0 Å². The molecule has 4 nitrogen and oxygen atoms in total. The van der Waals surface area contributed by atoms with E-state index in [-0.39, 0.29) is 5.41 Å². The fourth-order valence-electron chi connectivity index (χ4n) is 4.75. The Hall–Kier alpha value is -0.130. The summed E-state index contributed by atoms with van der Waals surface area (Å²) in [5.41, 5.74) is 0.248. The molecule has 1 heterocycles. The highest BCUT2D eigenvalue weighted by Crippen LogP contribution is 2.51. The molecule has 130 valence electrons. The molecule has 2 fully saturated rings. The minimum absolute atomic E-state index is 0.248. The second kappa shape index (κ2) is 7.18. The second-order valence-corrected chi connectivity index (χ2v) is 9.43. The van der Waals surface area contributed by atoms with Crippen molar-refractivity contribution >= 4 is 9.84 Å². The van der Waals surface area contributed by atoms with Crippen molar-refractivity contribution in [2.45, 2.75) is 65.0 Å². The van der Waals surface area contributed by atoms with E-state index in [1.165, 1.54) is 0 Å². The molecule has 0 aromatic carbocycles. The summed E-state index contributed by atoms with van der Waals surface area (Å²) in [5.74, 6) is 1.07. The molecule has 0 bridgehead atoms. The van der Waals surface area contributed by atoms with E-state index >= 15 is 0 Å². The predicted octanol–water partition coefficient (Wildman–Crippen LogP) is 2.73. The van der Waals surface area contributed by atoms with Gasteiger partial charge in [0, 0.05) is 24.6 Å². The molecule has 1 aliphatic carbocycles. The Kier molecular flexibility index (Phi) is 5.95. The number of hydrogen-bond acceptors (Lipinski definition) is 4. The van der Waals surface area contributed by atoms with Crippen molar-refractivity contribution in [2.75, 3.05) is 31.7 Å². The van der Waals surface area contributed by atoms with E-state index in [0.717, 1.165) is 45.3 Å². The number of nitrogens with zero attached hydrogens (tertiary/aromatic N) is 1. The Morgan fingerprint density at radius 2 is 1.91 bits per heavy atom. The van der Waals surface area contributed by atoms with Crippen LogP contribution in [0.15, 0.2) is 0 Å². The lowest BCUT2D eigenvalue weighted by Crippen LogP contribution is -2.64. The zero-order valence-corrected chi connectivity index (χ0v) is 15.5. The summed E-state index contributed by atoms with van der Waals surface area (Å²) in [5, 5.41) is 0. The van der Waals surface area contributed by atoms with Crippen molar-refractivity contribution in [2.24, 2.45) is 11.3 Å². The first kappa shape index (κ1) is 18.2. The zero-order valence-electron chi connectivity index (χ0n) is 14.7. The molecule has 0 unspecified atom stereocenters. The van der Waals surface area contributed by atoms with Gasteiger partial charge in [-0.25, -0.2) is 8.42 Å². The largest absolute Gasteiger partial charge is 0.378 e. The van der Waals surface area contributed by atoms with Gasteiger partial charge in [-0.15, -0.1) is 0 Å². The number of rotatable bonds is 7. The molecule has 1 saturated carbocycles. The fraction of sp³-hybridized carbons (Fsp3) is 1.00. The summed E-state index contributed by atoms with van der Waals surface area (Å²) in [7, 11) is -0.628. The van der Waals surface area contributed by atoms with Crippen LogP contribution < -0.4 is 0 Å². The van der Waals surface area contributed by atoms with Gasteiger partial charge in [0.25, 0.3) is 0 Å². The lowest BCUT2D eigenvalue weighted by atomic mass is 9.58. The predicted molar refractivity (Wildman–Crippen MR) is 90.8 cm³/mol. The Bertz CT molecular complexity index is 459. The van der Waals surface area contributed by atoms with Gasteiger partial charge in [0.15, 0.2) is 9.84 Å². The molecule has 0 spiro atoms. The average molecular weight is 332 g/mol. The van der Waals surface area contributed by atoms with Crippen LogP contribution in [-0.4, -0.2) is 57.2 Å². The molecular weight excluding hydrogens is 298 g/mol. The third-order valence-corrected chi connectivity index (χ3v) is 7.95. The van der Waals surface area contributed by atoms with Crippen LogP contribution in [0.1, 0.15) is 52.9 Å². The third kappa shape index (κ3) is 3.51. The Balaban J connectivity index is 1.98. The molecular formula is C17H33NO3S. The topological polar surface area (TPSA) is 46.6 Å². The summed E-state index contributed by atoms with van der Waals surface area (Å²) in [6, 6.07) is 0.531. The van der Waals surface area contributed by atoms with E-state index in [4.69, 9.17) is 4.74 Å². The quantitative estimate of drug-likeness (QED) is 0.720. The lowest BCUT2D eigenvalue weighted by molar-refractivity contribution is -0.168. The van der Waals surface area contributed by atoms with Crippen LogP contribution in [-0.2, 0) is 14.6 Å². The van der Waals surface area contributed by atoms with Crippen LogP contribution in [0.3, 0.4) is 0 Å². The molecule has 5 heteroatoms. The number of ether oxygens (including phenoxy) is 1. The monoisotopic (exact) mass is 331 g/mol. The van der Waals surface area contributed by atoms with E-state index in [1.807, 2.05) is 0 Å². The zero-order chi connectivity index (χ0) is 16.4. The first-order valence-electron chi connectivity index (χ1n) is 8.90. The molecule has 3 atom stereocenters. The van der Waals surface area contributed by atoms with E-state index in [2.05, 4.69) is 32.7 Å². The molecule has 0 aromatic rings. The Labute approximate surface area is 136 Å². The molecule has 22 heavy (non-hydrogen) atoms. The molecule has 0 aromatic heterocycles. The fourth-order valence-corrected chi connectivity index (χ4v) is 6.52. The van der Waals surface area contributed by atoms with Gasteiger partial charge in [0.05, 0.1) is 17.6 Å². The minimum Gasteiger partial charge on any atom is -0.378 e. The number of hydrogen-bond donors (Lipinski definition) is 0. The summed E-state index contributed by atoms with van der Waals surface area (Å²) in [6.07, 6.45) is 5.61. The molecule has 1 saturated heterocycles. The van der Waals surface area contributed by atoms with Crippen LogP contribution in [0, 0.1) is 11.3 Å². The molecule has 0 N–H and O–H groups in total. The Morgan fingerprint density at radius 3 is 2.45 bits per heavy atom. The summed E-state index contributed by atoms with van der Waals surface area (Å²) in [6.45, 7) is 8.29. The highest BCUT2D eigenvalue weighted by Gasteiger charge is 2.54. The third-order valence-electron chi connectivity index (χ3n) is 6.06. The van der Waals surface area contributed by atoms with Gasteiger partial charge in [-0.05, 0) is 52.0 Å². The van der Waals surface area contributed by atoms with Crippen LogP contribution in [0.4, 0.5) is 0 Å². The van der Waals surface area contributed by atoms with Crippen molar-refractivity contribution in [3.05, 3.63) is 0 Å². The normalized spacial score (nSPS) is 33.6. The van der Waals surface area contributed by atoms with Crippen molar-refractivity contribution in [3.63, 3.8) is 0 Å². The summed E-state index contributed by atoms with van der Waals surface area (Å²) >= 11 is 0. The van der Waals surface area contributed by atoms with Gasteiger partial charge in [0.1, 0.15) is 0 Å². The van der Waals surface area contributed by atoms with E-state index in [1.54, 1.807) is 0 Å². The summed E-state index contributed by atoms with van der Waals surface area (Å²) in [4.78, 5) is 2.42. The van der Waals surface area contributed by atoms with E-state index < -0.39 is 9.84 Å². The van der Waals surface area contributed by atoms with Gasteiger partial charge in [-0.3, -0.25) is 0 Å². The van der Waals surface area contributed by atoms with E-state index in [0.29, 0.717) is 29.6 Å². The maximum atomic E-state index is 11.8. The van der Waals surface area contributed by atoms with Gasteiger partial charge < -0.3 is 9.64 Å². The maximum absolute atomic E-state index is 11.8. The lowest BCUT2D eigenvalue weighted by Gasteiger charge is -2.58. The summed E-state index contributed by atoms with van der Waals surface area (Å²) < 4.78 is 29.6. The van der Waals surface area contributed by atoms with Crippen molar-refractivity contribution in [1.29, 1.82) is 0 Å². The van der Waals surface area contributed by atoms with Gasteiger partial charge >= 0.3 is 0 Å². The molecule has 2 rings (SSSR count). The van der Waals surface area contributed by atoms with E-state index in [9.17, 15) is 8.42 Å². The van der Waals surface area contributed by atoms with Crippen LogP contribution in [0.25, 0.3) is 0 Å². The van der Waals surface area contributed by atoms with Crippen molar-refractivity contribution in [1.82, 2.24) is 4.90 Å². The molecule has 1 aliphatic heterocycles. The van der Waals surface area contributed by atoms with Crippen molar-refractivity contribution in [3.8, 4) is 0 Å². The SMILES string of the molecule is CCO[C@@H]1C[C@@H](N(C)C[C@H]2CCCS(=O)(=O)C2)C1(CC)CC. The molecule has 0 amide bonds. The number of sulfone groups is 1. The standard InChI is InChI=1S/C17H33NO3S/c1-5-17(6-2)15(11-16(17)21-7-3)18(4)12-14-9-8-10-22(19,20)13-14/h14-16H,5-13H2,1-4H3/t14-,15-,16-/m1/s1. The molecule has 2 aliphatic rings. The highest BCUT2D eigenvalue weighted by molar-refractivity contribution is 7.91. The first-order chi connectivity index (χ1) is 10.4.